The van der Waals surface area contributed by atoms with Gasteiger partial charge in [-0.3, -0.25) is 4.79 Å². The van der Waals surface area contributed by atoms with E-state index in [1.54, 1.807) is 35.1 Å². The molecule has 1 heterocycles. The summed E-state index contributed by atoms with van der Waals surface area (Å²) in [6.07, 6.45) is 0. The van der Waals surface area contributed by atoms with Crippen LogP contribution in [0.2, 0.25) is 5.02 Å². The SMILES string of the molecule is CCOc1ccc(-n2nc3ccc(NC(=O)c4cc(Br)ccc4Cl)cc3n2)cc1. The first-order valence-corrected chi connectivity index (χ1v) is 10.1. The average molecular weight is 472 g/mol. The van der Waals surface area contributed by atoms with Gasteiger partial charge in [0.2, 0.25) is 0 Å². The third-order valence-electron chi connectivity index (χ3n) is 4.19. The number of halogens is 2. The highest BCUT2D eigenvalue weighted by atomic mass is 79.9. The maximum atomic E-state index is 12.6. The Kier molecular flexibility index (Phi) is 5.51. The van der Waals surface area contributed by atoms with E-state index in [-0.39, 0.29) is 5.91 Å². The Morgan fingerprint density at radius 3 is 2.59 bits per heavy atom. The fourth-order valence-corrected chi connectivity index (χ4v) is 3.38. The standard InChI is InChI=1S/C21H16BrClN4O2/c1-2-29-16-7-5-15(6-8-16)27-25-19-10-4-14(12-20(19)26-27)24-21(28)17-11-13(22)3-9-18(17)23/h3-12H,2H2,1H3,(H,24,28). The van der Waals surface area contributed by atoms with Crippen molar-refractivity contribution in [2.45, 2.75) is 6.92 Å². The number of benzene rings is 3. The van der Waals surface area contributed by atoms with Gasteiger partial charge in [0.05, 0.1) is 22.9 Å². The minimum atomic E-state index is -0.297. The number of fused-ring (bicyclic) bond motifs is 1. The summed E-state index contributed by atoms with van der Waals surface area (Å²) < 4.78 is 6.24. The molecule has 0 saturated heterocycles. The summed E-state index contributed by atoms with van der Waals surface area (Å²) in [4.78, 5) is 14.1. The number of aromatic nitrogens is 3. The molecule has 0 aliphatic heterocycles. The quantitative estimate of drug-likeness (QED) is 0.418. The van der Waals surface area contributed by atoms with Crippen molar-refractivity contribution in [3.8, 4) is 11.4 Å². The van der Waals surface area contributed by atoms with Gasteiger partial charge in [-0.15, -0.1) is 10.2 Å². The van der Waals surface area contributed by atoms with Gasteiger partial charge in [-0.25, -0.2) is 0 Å². The van der Waals surface area contributed by atoms with Crippen molar-refractivity contribution in [1.29, 1.82) is 0 Å². The van der Waals surface area contributed by atoms with E-state index in [9.17, 15) is 4.79 Å². The summed E-state index contributed by atoms with van der Waals surface area (Å²) in [5.41, 5.74) is 3.20. The number of hydrogen-bond acceptors (Lipinski definition) is 4. The van der Waals surface area contributed by atoms with Gasteiger partial charge in [-0.05, 0) is 67.6 Å². The molecule has 0 aliphatic rings. The molecule has 6 nitrogen and oxygen atoms in total. The lowest BCUT2D eigenvalue weighted by molar-refractivity contribution is 0.102. The maximum absolute atomic E-state index is 12.6. The Morgan fingerprint density at radius 2 is 1.83 bits per heavy atom. The van der Waals surface area contributed by atoms with E-state index in [2.05, 4.69) is 31.4 Å². The molecule has 0 aliphatic carbocycles. The van der Waals surface area contributed by atoms with Gasteiger partial charge in [0.25, 0.3) is 5.91 Å². The van der Waals surface area contributed by atoms with Crippen LogP contribution in [0, 0.1) is 0 Å². The fraction of sp³-hybridized carbons (Fsp3) is 0.0952. The van der Waals surface area contributed by atoms with Crippen LogP contribution < -0.4 is 10.1 Å². The number of nitrogens with zero attached hydrogens (tertiary/aromatic N) is 3. The van der Waals surface area contributed by atoms with Crippen LogP contribution in [-0.2, 0) is 0 Å². The first-order valence-electron chi connectivity index (χ1n) is 8.90. The van der Waals surface area contributed by atoms with Crippen LogP contribution in [-0.4, -0.2) is 27.5 Å². The molecule has 146 valence electrons. The van der Waals surface area contributed by atoms with Gasteiger partial charge in [0, 0.05) is 10.2 Å². The van der Waals surface area contributed by atoms with Gasteiger partial charge in [-0.1, -0.05) is 27.5 Å². The smallest absolute Gasteiger partial charge is 0.257 e. The molecule has 4 rings (SSSR count). The van der Waals surface area contributed by atoms with Gasteiger partial charge < -0.3 is 10.1 Å². The zero-order valence-corrected chi connectivity index (χ0v) is 17.7. The van der Waals surface area contributed by atoms with E-state index in [4.69, 9.17) is 16.3 Å². The minimum Gasteiger partial charge on any atom is -0.494 e. The zero-order chi connectivity index (χ0) is 20.4. The highest BCUT2D eigenvalue weighted by Crippen LogP contribution is 2.23. The molecule has 0 fully saturated rings. The topological polar surface area (TPSA) is 69.0 Å². The molecule has 1 N–H and O–H groups in total. The van der Waals surface area contributed by atoms with Gasteiger partial charge in [-0.2, -0.15) is 4.80 Å². The van der Waals surface area contributed by atoms with Crippen LogP contribution >= 0.6 is 27.5 Å². The lowest BCUT2D eigenvalue weighted by atomic mass is 10.2. The number of amides is 1. The van der Waals surface area contributed by atoms with Gasteiger partial charge >= 0.3 is 0 Å². The number of anilines is 1. The Balaban J connectivity index is 1.58. The molecular formula is C21H16BrClN4O2. The van der Waals surface area contributed by atoms with E-state index >= 15 is 0 Å². The van der Waals surface area contributed by atoms with Gasteiger partial charge in [0.15, 0.2) is 0 Å². The van der Waals surface area contributed by atoms with Crippen molar-refractivity contribution in [3.63, 3.8) is 0 Å². The summed E-state index contributed by atoms with van der Waals surface area (Å²) in [5, 5.41) is 12.2. The van der Waals surface area contributed by atoms with Crippen molar-refractivity contribution < 1.29 is 9.53 Å². The Hall–Kier alpha value is -2.90. The number of ether oxygens (including phenoxy) is 1. The number of hydrogen-bond donors (Lipinski definition) is 1. The van der Waals surface area contributed by atoms with E-state index < -0.39 is 0 Å². The van der Waals surface area contributed by atoms with Crippen LogP contribution in [0.15, 0.2) is 65.1 Å². The molecule has 0 saturated carbocycles. The molecule has 4 aromatic rings. The molecule has 0 spiro atoms. The van der Waals surface area contributed by atoms with E-state index in [1.165, 1.54) is 0 Å². The van der Waals surface area contributed by atoms with Crippen LogP contribution in [0.3, 0.4) is 0 Å². The summed E-state index contributed by atoms with van der Waals surface area (Å²) in [6.45, 7) is 2.56. The predicted octanol–water partition coefficient (Wildman–Crippen LogP) is 5.49. The number of carbonyl (C=O) groups excluding carboxylic acids is 1. The first kappa shape index (κ1) is 19.4. The van der Waals surface area contributed by atoms with Crippen LogP contribution in [0.4, 0.5) is 5.69 Å². The summed E-state index contributed by atoms with van der Waals surface area (Å²) >= 11 is 9.49. The monoisotopic (exact) mass is 470 g/mol. The molecule has 0 atom stereocenters. The molecule has 3 aromatic carbocycles. The molecule has 0 unspecified atom stereocenters. The van der Waals surface area contributed by atoms with Crippen molar-refractivity contribution in [2.75, 3.05) is 11.9 Å². The Labute approximate surface area is 180 Å². The van der Waals surface area contributed by atoms with Crippen molar-refractivity contribution in [1.82, 2.24) is 15.0 Å². The normalized spacial score (nSPS) is 10.9. The van der Waals surface area contributed by atoms with Crippen LogP contribution in [0.1, 0.15) is 17.3 Å². The highest BCUT2D eigenvalue weighted by Gasteiger charge is 2.13. The summed E-state index contributed by atoms with van der Waals surface area (Å²) in [7, 11) is 0. The molecule has 0 bridgehead atoms. The third-order valence-corrected chi connectivity index (χ3v) is 5.01. The highest BCUT2D eigenvalue weighted by molar-refractivity contribution is 9.10. The number of carbonyl (C=O) groups is 1. The van der Waals surface area contributed by atoms with Crippen LogP contribution in [0.25, 0.3) is 16.7 Å². The van der Waals surface area contributed by atoms with Crippen LogP contribution in [0.5, 0.6) is 5.75 Å². The third kappa shape index (κ3) is 4.26. The van der Waals surface area contributed by atoms with Gasteiger partial charge in [0.1, 0.15) is 16.8 Å². The molecular weight excluding hydrogens is 456 g/mol. The Bertz CT molecular complexity index is 1190. The second-order valence-corrected chi connectivity index (χ2v) is 7.52. The zero-order valence-electron chi connectivity index (χ0n) is 15.4. The first-order chi connectivity index (χ1) is 14.0. The lowest BCUT2D eigenvalue weighted by Gasteiger charge is -2.07. The maximum Gasteiger partial charge on any atom is 0.257 e. The largest absolute Gasteiger partial charge is 0.494 e. The molecule has 8 heteroatoms. The summed E-state index contributed by atoms with van der Waals surface area (Å²) in [5.74, 6) is 0.499. The van der Waals surface area contributed by atoms with Crippen molar-refractivity contribution in [3.05, 3.63) is 75.7 Å². The number of rotatable bonds is 5. The predicted molar refractivity (Wildman–Crippen MR) is 117 cm³/mol. The van der Waals surface area contributed by atoms with E-state index in [1.807, 2.05) is 37.3 Å². The second-order valence-electron chi connectivity index (χ2n) is 6.20. The van der Waals surface area contributed by atoms with Crippen molar-refractivity contribution in [2.24, 2.45) is 0 Å². The fourth-order valence-electron chi connectivity index (χ4n) is 2.82. The molecule has 1 aromatic heterocycles. The van der Waals surface area contributed by atoms with Crippen molar-refractivity contribution >= 4 is 50.2 Å². The average Bonchev–Trinajstić information content (AvgIpc) is 3.14. The lowest BCUT2D eigenvalue weighted by Crippen LogP contribution is -2.12. The molecule has 29 heavy (non-hydrogen) atoms. The Morgan fingerprint density at radius 1 is 1.07 bits per heavy atom. The van der Waals surface area contributed by atoms with E-state index in [0.717, 1.165) is 21.4 Å². The molecule has 1 amide bonds. The van der Waals surface area contributed by atoms with E-state index in [0.29, 0.717) is 28.4 Å². The minimum absolute atomic E-state index is 0.297. The summed E-state index contributed by atoms with van der Waals surface area (Å²) in [6, 6.07) is 18.0. The second kappa shape index (κ2) is 8.23. The number of nitrogens with one attached hydrogen (secondary N) is 1. The molecule has 0 radical (unpaired) electrons.